The summed E-state index contributed by atoms with van der Waals surface area (Å²) >= 11 is 0. The van der Waals surface area contributed by atoms with Gasteiger partial charge in [0, 0.05) is 32.6 Å². The van der Waals surface area contributed by atoms with Crippen LogP contribution in [0, 0.1) is 11.3 Å². The molecule has 1 amide bonds. The number of nitriles is 1. The van der Waals surface area contributed by atoms with Crippen LogP contribution in [0.25, 0.3) is 0 Å². The van der Waals surface area contributed by atoms with E-state index in [2.05, 4.69) is 11.0 Å². The molecule has 0 saturated carbocycles. The molecule has 0 N–H and O–H groups in total. The zero-order valence-corrected chi connectivity index (χ0v) is 15.7. The van der Waals surface area contributed by atoms with E-state index >= 15 is 0 Å². The fourth-order valence-electron chi connectivity index (χ4n) is 3.73. The Morgan fingerprint density at radius 2 is 1.79 bits per heavy atom. The summed E-state index contributed by atoms with van der Waals surface area (Å²) in [5, 5.41) is 9.72. The zero-order valence-electron chi connectivity index (χ0n) is 15.7. The molecule has 144 valence electrons. The molecule has 1 unspecified atom stereocenters. The fraction of sp³-hybridized carbons (Fsp3) is 0.364. The molecule has 2 aromatic carbocycles. The molecule has 2 heterocycles. The lowest BCUT2D eigenvalue weighted by Crippen LogP contribution is -2.49. The van der Waals surface area contributed by atoms with Crippen LogP contribution in [0.5, 0.6) is 11.5 Å². The predicted octanol–water partition coefficient (Wildman–Crippen LogP) is 2.76. The minimum Gasteiger partial charge on any atom is -0.454 e. The van der Waals surface area contributed by atoms with Crippen LogP contribution < -0.4 is 9.47 Å². The molecular weight excluding hydrogens is 354 g/mol. The van der Waals surface area contributed by atoms with Crippen molar-refractivity contribution in [2.75, 3.05) is 33.0 Å². The van der Waals surface area contributed by atoms with Crippen molar-refractivity contribution < 1.29 is 14.3 Å². The molecule has 6 nitrogen and oxygen atoms in total. The molecule has 0 aromatic heterocycles. The first-order chi connectivity index (χ1) is 13.7. The average Bonchev–Trinajstić information content (AvgIpc) is 3.22. The van der Waals surface area contributed by atoms with E-state index in [1.807, 2.05) is 53.4 Å². The van der Waals surface area contributed by atoms with Gasteiger partial charge in [0.2, 0.25) is 12.7 Å². The van der Waals surface area contributed by atoms with Gasteiger partial charge >= 0.3 is 0 Å². The number of carbonyl (C=O) groups is 1. The van der Waals surface area contributed by atoms with Crippen LogP contribution in [-0.2, 0) is 11.2 Å². The van der Waals surface area contributed by atoms with Gasteiger partial charge in [0.15, 0.2) is 11.5 Å². The third-order valence-electron chi connectivity index (χ3n) is 5.34. The minimum atomic E-state index is -0.351. The summed E-state index contributed by atoms with van der Waals surface area (Å²) in [6.45, 7) is 2.89. The number of hydrogen-bond acceptors (Lipinski definition) is 5. The summed E-state index contributed by atoms with van der Waals surface area (Å²) in [4.78, 5) is 16.6. The van der Waals surface area contributed by atoms with E-state index in [4.69, 9.17) is 9.47 Å². The van der Waals surface area contributed by atoms with Crippen molar-refractivity contribution in [2.24, 2.45) is 0 Å². The van der Waals surface area contributed by atoms with Gasteiger partial charge in [0.25, 0.3) is 0 Å². The molecule has 1 atom stereocenters. The molecule has 1 fully saturated rings. The van der Waals surface area contributed by atoms with Gasteiger partial charge in [-0.15, -0.1) is 0 Å². The molecule has 6 heteroatoms. The van der Waals surface area contributed by atoms with E-state index in [-0.39, 0.29) is 18.7 Å². The zero-order chi connectivity index (χ0) is 19.3. The van der Waals surface area contributed by atoms with E-state index in [9.17, 15) is 10.1 Å². The number of amides is 1. The van der Waals surface area contributed by atoms with Crippen molar-refractivity contribution in [1.82, 2.24) is 9.80 Å². The summed E-state index contributed by atoms with van der Waals surface area (Å²) < 4.78 is 10.8. The monoisotopic (exact) mass is 377 g/mol. The van der Waals surface area contributed by atoms with Crippen molar-refractivity contribution in [1.29, 1.82) is 5.26 Å². The van der Waals surface area contributed by atoms with Crippen LogP contribution in [0.4, 0.5) is 0 Å². The summed E-state index contributed by atoms with van der Waals surface area (Å²) in [6.07, 6.45) is 1.28. The molecule has 4 rings (SSSR count). The normalized spacial score (nSPS) is 17.2. The van der Waals surface area contributed by atoms with Crippen LogP contribution in [0.1, 0.15) is 23.6 Å². The number of rotatable bonds is 5. The number of hydrogen-bond donors (Lipinski definition) is 0. The van der Waals surface area contributed by atoms with Gasteiger partial charge in [0.1, 0.15) is 6.04 Å². The molecule has 2 aromatic rings. The Kier molecular flexibility index (Phi) is 5.45. The van der Waals surface area contributed by atoms with Crippen LogP contribution in [0.3, 0.4) is 0 Å². The largest absolute Gasteiger partial charge is 0.454 e. The highest BCUT2D eigenvalue weighted by Gasteiger charge is 2.28. The number of ether oxygens (including phenoxy) is 2. The number of fused-ring (bicyclic) bond motifs is 1. The number of carbonyl (C=O) groups excluding carboxylic acids is 1. The second-order valence-electron chi connectivity index (χ2n) is 7.05. The lowest BCUT2D eigenvalue weighted by molar-refractivity contribution is -0.133. The van der Waals surface area contributed by atoms with Gasteiger partial charge in [-0.25, -0.2) is 0 Å². The van der Waals surface area contributed by atoms with E-state index in [0.717, 1.165) is 12.0 Å². The number of aryl methyl sites for hydroxylation is 1. The molecule has 0 aliphatic carbocycles. The van der Waals surface area contributed by atoms with Crippen molar-refractivity contribution in [3.63, 3.8) is 0 Å². The molecular formula is C22H23N3O3. The van der Waals surface area contributed by atoms with Crippen LogP contribution >= 0.6 is 0 Å². The number of piperazine rings is 1. The Morgan fingerprint density at radius 3 is 2.54 bits per heavy atom. The second kappa shape index (κ2) is 8.32. The highest BCUT2D eigenvalue weighted by molar-refractivity contribution is 5.76. The Balaban J connectivity index is 1.32. The van der Waals surface area contributed by atoms with Gasteiger partial charge in [-0.1, -0.05) is 36.4 Å². The smallest absolute Gasteiger partial charge is 0.231 e. The lowest BCUT2D eigenvalue weighted by atomic mass is 10.0. The van der Waals surface area contributed by atoms with Crippen molar-refractivity contribution in [3.05, 3.63) is 59.7 Å². The maximum Gasteiger partial charge on any atom is 0.231 e. The van der Waals surface area contributed by atoms with Crippen molar-refractivity contribution in [2.45, 2.75) is 18.9 Å². The van der Waals surface area contributed by atoms with Crippen molar-refractivity contribution in [3.8, 4) is 17.6 Å². The Bertz CT molecular complexity index is 870. The second-order valence-corrected chi connectivity index (χ2v) is 7.05. The topological polar surface area (TPSA) is 65.8 Å². The molecule has 1 saturated heterocycles. The first-order valence-corrected chi connectivity index (χ1v) is 9.59. The minimum absolute atomic E-state index is 0.181. The van der Waals surface area contributed by atoms with E-state index in [1.165, 1.54) is 5.56 Å². The molecule has 0 radical (unpaired) electrons. The Labute approximate surface area is 164 Å². The summed E-state index contributed by atoms with van der Waals surface area (Å²) in [5.41, 5.74) is 2.08. The Morgan fingerprint density at radius 1 is 1.04 bits per heavy atom. The van der Waals surface area contributed by atoms with Gasteiger partial charge in [0.05, 0.1) is 6.07 Å². The van der Waals surface area contributed by atoms with Crippen LogP contribution in [-0.4, -0.2) is 48.7 Å². The molecule has 2 aliphatic heterocycles. The lowest BCUT2D eigenvalue weighted by Gasteiger charge is -2.37. The summed E-state index contributed by atoms with van der Waals surface area (Å²) in [6, 6.07) is 17.8. The third kappa shape index (κ3) is 3.95. The maximum absolute atomic E-state index is 12.5. The third-order valence-corrected chi connectivity index (χ3v) is 5.34. The van der Waals surface area contributed by atoms with Gasteiger partial charge in [-0.2, -0.15) is 5.26 Å². The van der Waals surface area contributed by atoms with Gasteiger partial charge < -0.3 is 14.4 Å². The van der Waals surface area contributed by atoms with E-state index in [1.54, 1.807) is 0 Å². The highest BCUT2D eigenvalue weighted by Crippen LogP contribution is 2.35. The SMILES string of the molecule is N#CC(c1ccc2c(c1)OCO2)N1CCN(C(=O)CCc2ccccc2)CC1. The first-order valence-electron chi connectivity index (χ1n) is 9.59. The molecule has 2 aliphatic rings. The molecule has 28 heavy (non-hydrogen) atoms. The summed E-state index contributed by atoms with van der Waals surface area (Å²) in [7, 11) is 0. The van der Waals surface area contributed by atoms with Crippen LogP contribution in [0.2, 0.25) is 0 Å². The highest BCUT2D eigenvalue weighted by atomic mass is 16.7. The molecule has 0 spiro atoms. The molecule has 0 bridgehead atoms. The van der Waals surface area contributed by atoms with Crippen molar-refractivity contribution >= 4 is 5.91 Å². The van der Waals surface area contributed by atoms with Gasteiger partial charge in [-0.05, 0) is 29.7 Å². The number of nitrogens with zero attached hydrogens (tertiary/aromatic N) is 3. The summed E-state index contributed by atoms with van der Waals surface area (Å²) in [5.74, 6) is 1.59. The quantitative estimate of drug-likeness (QED) is 0.802. The predicted molar refractivity (Wildman–Crippen MR) is 104 cm³/mol. The first kappa shape index (κ1) is 18.3. The average molecular weight is 377 g/mol. The maximum atomic E-state index is 12.5. The Hall–Kier alpha value is -3.04. The van der Waals surface area contributed by atoms with E-state index in [0.29, 0.717) is 44.1 Å². The van der Waals surface area contributed by atoms with E-state index < -0.39 is 0 Å². The standard InChI is InChI=1S/C22H23N3O3/c23-15-19(18-7-8-20-21(14-18)28-16-27-20)24-10-12-25(13-11-24)22(26)9-6-17-4-2-1-3-5-17/h1-5,7-8,14,19H,6,9-13,16H2. The fourth-order valence-corrected chi connectivity index (χ4v) is 3.73. The van der Waals surface area contributed by atoms with Gasteiger partial charge in [-0.3, -0.25) is 9.69 Å². The van der Waals surface area contributed by atoms with Crippen LogP contribution in [0.15, 0.2) is 48.5 Å². The number of benzene rings is 2.